The molecule has 4 rings (SSSR count). The number of nitrogens with one attached hydrogen (secondary N) is 1. The summed E-state index contributed by atoms with van der Waals surface area (Å²) in [7, 11) is 1.67. The lowest BCUT2D eigenvalue weighted by atomic mass is 9.72. The Labute approximate surface area is 210 Å². The summed E-state index contributed by atoms with van der Waals surface area (Å²) in [6, 6.07) is 12.2. The molecular formula is C31H41NO3. The number of hydrogen-bond donors (Lipinski definition) is 1. The quantitative estimate of drug-likeness (QED) is 0.365. The predicted molar refractivity (Wildman–Crippen MR) is 142 cm³/mol. The maximum absolute atomic E-state index is 13.7. The molecule has 2 aliphatic carbocycles. The molecule has 0 heterocycles. The Balaban J connectivity index is 1.39. The second-order valence-corrected chi connectivity index (χ2v) is 10.4. The van der Waals surface area contributed by atoms with Crippen molar-refractivity contribution in [2.75, 3.05) is 12.4 Å². The van der Waals surface area contributed by atoms with Crippen LogP contribution in [-0.4, -0.2) is 18.8 Å². The van der Waals surface area contributed by atoms with Crippen molar-refractivity contribution in [2.45, 2.75) is 84.5 Å². The molecule has 0 aliphatic heterocycles. The number of ketones is 1. The lowest BCUT2D eigenvalue weighted by molar-refractivity contribution is -0.121. The molecule has 1 N–H and O–H groups in total. The molecule has 2 fully saturated rings. The summed E-state index contributed by atoms with van der Waals surface area (Å²) in [5.41, 5.74) is 5.55. The van der Waals surface area contributed by atoms with E-state index in [0.29, 0.717) is 17.6 Å². The van der Waals surface area contributed by atoms with Crippen LogP contribution in [-0.2, 0) is 17.6 Å². The maximum atomic E-state index is 13.7. The van der Waals surface area contributed by atoms with Gasteiger partial charge in [-0.25, -0.2) is 0 Å². The zero-order valence-corrected chi connectivity index (χ0v) is 21.9. The van der Waals surface area contributed by atoms with Crippen molar-refractivity contribution in [1.29, 1.82) is 0 Å². The van der Waals surface area contributed by atoms with Crippen molar-refractivity contribution in [3.8, 4) is 5.75 Å². The molecule has 35 heavy (non-hydrogen) atoms. The van der Waals surface area contributed by atoms with Gasteiger partial charge in [0.2, 0.25) is 5.91 Å². The molecule has 1 unspecified atom stereocenters. The molecule has 0 bridgehead atoms. The summed E-state index contributed by atoms with van der Waals surface area (Å²) in [4.78, 5) is 26.7. The van der Waals surface area contributed by atoms with Crippen LogP contribution in [0.1, 0.15) is 98.7 Å². The van der Waals surface area contributed by atoms with E-state index >= 15 is 0 Å². The van der Waals surface area contributed by atoms with Gasteiger partial charge in [-0.3, -0.25) is 9.59 Å². The van der Waals surface area contributed by atoms with Crippen LogP contribution in [0.2, 0.25) is 0 Å². The SMILES string of the molecule is CCc1ccc(NC(=O)C2CCC(C(CC)C(=O)c3cccc(C4CC4)c3CC)CC2)cc1OC. The third-order valence-electron chi connectivity index (χ3n) is 8.27. The number of anilines is 1. The smallest absolute Gasteiger partial charge is 0.227 e. The van der Waals surface area contributed by atoms with Gasteiger partial charge in [-0.2, -0.15) is 0 Å². The van der Waals surface area contributed by atoms with E-state index in [1.54, 1.807) is 7.11 Å². The lowest BCUT2D eigenvalue weighted by Crippen LogP contribution is -2.32. The van der Waals surface area contributed by atoms with Gasteiger partial charge in [-0.05, 0) is 92.4 Å². The van der Waals surface area contributed by atoms with E-state index in [0.717, 1.165) is 67.5 Å². The first-order valence-corrected chi connectivity index (χ1v) is 13.6. The predicted octanol–water partition coefficient (Wildman–Crippen LogP) is 7.35. The summed E-state index contributed by atoms with van der Waals surface area (Å²) in [5, 5.41) is 3.10. The molecule has 0 aromatic heterocycles. The van der Waals surface area contributed by atoms with Crippen LogP contribution < -0.4 is 10.1 Å². The Hall–Kier alpha value is -2.62. The van der Waals surface area contributed by atoms with Gasteiger partial charge in [0.1, 0.15) is 5.75 Å². The topological polar surface area (TPSA) is 55.4 Å². The Morgan fingerprint density at radius 1 is 0.971 bits per heavy atom. The standard InChI is InChI=1S/C31H41NO3/c1-5-20-17-18-24(19-29(20)35-4)32-31(34)23-15-13-21(14-16-23)25(6-2)30(33)28-10-8-9-27(22-11-12-22)26(28)7-3/h8-10,17-19,21-23,25H,5-7,11-16H2,1-4H3,(H,32,34). The number of aryl methyl sites for hydroxylation is 1. The molecule has 0 spiro atoms. The first-order valence-electron chi connectivity index (χ1n) is 13.6. The molecule has 188 valence electrons. The minimum atomic E-state index is 0.0000945. The Bertz CT molecular complexity index is 1050. The molecule has 4 heteroatoms. The van der Waals surface area contributed by atoms with Crippen LogP contribution in [0.15, 0.2) is 36.4 Å². The van der Waals surface area contributed by atoms with Crippen molar-refractivity contribution in [1.82, 2.24) is 0 Å². The van der Waals surface area contributed by atoms with E-state index < -0.39 is 0 Å². The van der Waals surface area contributed by atoms with Crippen molar-refractivity contribution >= 4 is 17.4 Å². The molecule has 2 aromatic carbocycles. The van der Waals surface area contributed by atoms with E-state index in [2.05, 4.69) is 38.2 Å². The molecule has 2 aromatic rings. The second-order valence-electron chi connectivity index (χ2n) is 10.4. The van der Waals surface area contributed by atoms with Crippen molar-refractivity contribution in [3.05, 3.63) is 58.7 Å². The third-order valence-corrected chi connectivity index (χ3v) is 8.27. The highest BCUT2D eigenvalue weighted by molar-refractivity contribution is 6.00. The minimum Gasteiger partial charge on any atom is -0.496 e. The van der Waals surface area contributed by atoms with Crippen molar-refractivity contribution in [3.63, 3.8) is 0 Å². The van der Waals surface area contributed by atoms with Gasteiger partial charge in [0.25, 0.3) is 0 Å². The maximum Gasteiger partial charge on any atom is 0.227 e. The molecule has 1 amide bonds. The normalized spacial score (nSPS) is 20.8. The molecule has 4 nitrogen and oxygen atoms in total. The first-order chi connectivity index (χ1) is 17.0. The fourth-order valence-electron chi connectivity index (χ4n) is 6.08. The van der Waals surface area contributed by atoms with E-state index in [4.69, 9.17) is 4.74 Å². The van der Waals surface area contributed by atoms with Crippen molar-refractivity contribution < 1.29 is 14.3 Å². The van der Waals surface area contributed by atoms with Gasteiger partial charge in [0.15, 0.2) is 5.78 Å². The number of benzene rings is 2. The fraction of sp³-hybridized carbons (Fsp3) is 0.548. The van der Waals surface area contributed by atoms with Crippen LogP contribution >= 0.6 is 0 Å². The Morgan fingerprint density at radius 3 is 2.31 bits per heavy atom. The number of carbonyl (C=O) groups excluding carboxylic acids is 2. The molecule has 0 radical (unpaired) electrons. The van der Waals surface area contributed by atoms with Crippen LogP contribution in [0, 0.1) is 17.8 Å². The van der Waals surface area contributed by atoms with E-state index in [1.807, 2.05) is 24.3 Å². The lowest BCUT2D eigenvalue weighted by Gasteiger charge is -2.33. The Kier molecular flexibility index (Phi) is 8.30. The van der Waals surface area contributed by atoms with Crippen LogP contribution in [0.25, 0.3) is 0 Å². The highest BCUT2D eigenvalue weighted by Crippen LogP contribution is 2.43. The minimum absolute atomic E-state index is 0.0000945. The number of hydrogen-bond acceptors (Lipinski definition) is 3. The zero-order chi connectivity index (χ0) is 24.9. The number of methoxy groups -OCH3 is 1. The van der Waals surface area contributed by atoms with Crippen LogP contribution in [0.3, 0.4) is 0 Å². The molecular weight excluding hydrogens is 434 g/mol. The molecule has 0 saturated heterocycles. The second kappa shape index (κ2) is 11.4. The summed E-state index contributed by atoms with van der Waals surface area (Å²) in [6.07, 6.45) is 8.73. The monoisotopic (exact) mass is 475 g/mol. The number of amides is 1. The van der Waals surface area contributed by atoms with Crippen molar-refractivity contribution in [2.24, 2.45) is 17.8 Å². The van der Waals surface area contributed by atoms with E-state index in [-0.39, 0.29) is 17.7 Å². The van der Waals surface area contributed by atoms with Gasteiger partial charge in [0.05, 0.1) is 7.11 Å². The van der Waals surface area contributed by atoms with E-state index in [9.17, 15) is 9.59 Å². The fourth-order valence-corrected chi connectivity index (χ4v) is 6.08. The summed E-state index contributed by atoms with van der Waals surface area (Å²) < 4.78 is 5.47. The number of Topliss-reactive ketones (excluding diaryl/α,β-unsaturated/α-hetero) is 1. The summed E-state index contributed by atoms with van der Waals surface area (Å²) >= 11 is 0. The highest BCUT2D eigenvalue weighted by atomic mass is 16.5. The van der Waals surface area contributed by atoms with Gasteiger partial charge < -0.3 is 10.1 Å². The van der Waals surface area contributed by atoms with Crippen LogP contribution in [0.4, 0.5) is 5.69 Å². The van der Waals surface area contributed by atoms with Gasteiger partial charge in [0, 0.05) is 29.2 Å². The van der Waals surface area contributed by atoms with Gasteiger partial charge in [-0.15, -0.1) is 0 Å². The average molecular weight is 476 g/mol. The molecule has 2 saturated carbocycles. The molecule has 1 atom stereocenters. The summed E-state index contributed by atoms with van der Waals surface area (Å²) in [5.74, 6) is 2.28. The number of carbonyl (C=O) groups is 2. The Morgan fingerprint density at radius 2 is 1.71 bits per heavy atom. The number of ether oxygens (including phenoxy) is 1. The summed E-state index contributed by atoms with van der Waals surface area (Å²) in [6.45, 7) is 6.41. The average Bonchev–Trinajstić information content (AvgIpc) is 3.74. The largest absolute Gasteiger partial charge is 0.496 e. The van der Waals surface area contributed by atoms with Gasteiger partial charge in [-0.1, -0.05) is 45.0 Å². The van der Waals surface area contributed by atoms with Crippen LogP contribution in [0.5, 0.6) is 5.75 Å². The first kappa shape index (κ1) is 25.5. The zero-order valence-electron chi connectivity index (χ0n) is 21.9. The number of rotatable bonds is 10. The third kappa shape index (κ3) is 5.63. The van der Waals surface area contributed by atoms with Gasteiger partial charge >= 0.3 is 0 Å². The van der Waals surface area contributed by atoms with E-state index in [1.165, 1.54) is 24.0 Å². The molecule has 2 aliphatic rings. The highest BCUT2D eigenvalue weighted by Gasteiger charge is 2.35.